The van der Waals surface area contributed by atoms with E-state index in [0.29, 0.717) is 36.8 Å². The topological polar surface area (TPSA) is 105 Å². The summed E-state index contributed by atoms with van der Waals surface area (Å²) in [5, 5.41) is 5.04. The van der Waals surface area contributed by atoms with Gasteiger partial charge in [0.15, 0.2) is 5.82 Å². The van der Waals surface area contributed by atoms with E-state index in [-0.39, 0.29) is 11.8 Å². The molecule has 0 amide bonds. The summed E-state index contributed by atoms with van der Waals surface area (Å²) in [4.78, 5) is 27.6. The summed E-state index contributed by atoms with van der Waals surface area (Å²) >= 11 is 0. The molecule has 9 nitrogen and oxygen atoms in total. The Balaban J connectivity index is 1.47. The number of hydrazine groups is 2. The number of para-hydroxylation sites is 1. The van der Waals surface area contributed by atoms with Gasteiger partial charge < -0.3 is 10.3 Å². The van der Waals surface area contributed by atoms with Crippen LogP contribution in [0, 0.1) is 18.8 Å². The fraction of sp³-hybridized carbons (Fsp3) is 0.417. The molecular weight excluding hydrogens is 416 g/mol. The predicted octanol–water partition coefficient (Wildman–Crippen LogP) is 2.13. The zero-order valence-electron chi connectivity index (χ0n) is 19.0. The average molecular weight is 445 g/mol. The van der Waals surface area contributed by atoms with Gasteiger partial charge in [0.05, 0.1) is 18.4 Å². The van der Waals surface area contributed by atoms with E-state index in [4.69, 9.17) is 10.7 Å². The minimum absolute atomic E-state index is 0.0133. The van der Waals surface area contributed by atoms with E-state index >= 15 is 0 Å². The van der Waals surface area contributed by atoms with Crippen molar-refractivity contribution in [2.45, 2.75) is 51.7 Å². The number of nitrogens with zero attached hydrogens (tertiary/aromatic N) is 6. The molecule has 0 aliphatic carbocycles. The number of nitrogens with one attached hydrogen (secondary N) is 1. The number of benzene rings is 1. The maximum absolute atomic E-state index is 13.7. The number of hydrogen-bond donors (Lipinski definition) is 2. The highest BCUT2D eigenvalue weighted by atomic mass is 16.1. The molecule has 0 saturated carbocycles. The van der Waals surface area contributed by atoms with Gasteiger partial charge in [-0.2, -0.15) is 0 Å². The van der Waals surface area contributed by atoms with Crippen molar-refractivity contribution in [1.82, 2.24) is 29.6 Å². The second kappa shape index (κ2) is 8.90. The zero-order chi connectivity index (χ0) is 22.9. The molecule has 3 aromatic rings. The number of aromatic nitrogens is 4. The zero-order valence-corrected chi connectivity index (χ0v) is 19.0. The van der Waals surface area contributed by atoms with Crippen LogP contribution in [-0.2, 0) is 6.54 Å². The average Bonchev–Trinajstić information content (AvgIpc) is 3.21. The molecule has 170 valence electrons. The summed E-state index contributed by atoms with van der Waals surface area (Å²) in [6.07, 6.45) is 4.07. The molecule has 1 unspecified atom stereocenters. The Morgan fingerprint density at radius 2 is 2.12 bits per heavy atom. The lowest BCUT2D eigenvalue weighted by atomic mass is 10.0. The number of nitrogens with two attached hydrogens (primary N) is 1. The summed E-state index contributed by atoms with van der Waals surface area (Å²) in [5.41, 5.74) is 11.9. The molecule has 9 heteroatoms. The first-order valence-corrected chi connectivity index (χ1v) is 11.3. The maximum atomic E-state index is 13.7. The Labute approximate surface area is 192 Å². The van der Waals surface area contributed by atoms with E-state index in [9.17, 15) is 4.79 Å². The number of hydrogen-bond acceptors (Lipinski definition) is 8. The van der Waals surface area contributed by atoms with Crippen LogP contribution < -0.4 is 11.2 Å². The summed E-state index contributed by atoms with van der Waals surface area (Å²) in [5.74, 6) is 7.18. The number of carbonyl (C=O) groups excluding carboxylic acids is 1. The molecule has 2 aliphatic heterocycles. The van der Waals surface area contributed by atoms with Gasteiger partial charge in [0, 0.05) is 36.6 Å². The molecule has 5 rings (SSSR count). The van der Waals surface area contributed by atoms with Crippen molar-refractivity contribution in [2.75, 3.05) is 18.5 Å². The third kappa shape index (κ3) is 4.09. The molecule has 1 fully saturated rings. The summed E-state index contributed by atoms with van der Waals surface area (Å²) in [7, 11) is 0. The van der Waals surface area contributed by atoms with Crippen molar-refractivity contribution < 1.29 is 4.79 Å². The first-order valence-electron chi connectivity index (χ1n) is 11.3. The van der Waals surface area contributed by atoms with Crippen LogP contribution in [0.15, 0.2) is 30.6 Å². The molecule has 0 radical (unpaired) electrons. The van der Waals surface area contributed by atoms with Gasteiger partial charge in [-0.3, -0.25) is 10.2 Å². The minimum Gasteiger partial charge on any atom is -0.326 e. The molecule has 4 heterocycles. The molecule has 2 aliphatic rings. The summed E-state index contributed by atoms with van der Waals surface area (Å²) < 4.78 is 1.83. The molecule has 2 aromatic heterocycles. The lowest BCUT2D eigenvalue weighted by Crippen LogP contribution is -2.61. The fourth-order valence-corrected chi connectivity index (χ4v) is 4.65. The Morgan fingerprint density at radius 3 is 2.94 bits per heavy atom. The Bertz CT molecular complexity index is 1260. The first kappa shape index (κ1) is 21.5. The lowest BCUT2D eigenvalue weighted by Gasteiger charge is -2.44. The minimum atomic E-state index is -0.454. The Hall–Kier alpha value is -3.32. The number of piperidine rings is 1. The number of Topliss-reactive ketones (excluding diaryl/α,β-unsaturated/α-hetero) is 1. The number of carbonyl (C=O) groups is 1. The third-order valence-electron chi connectivity index (χ3n) is 6.25. The maximum Gasteiger partial charge on any atom is 0.204 e. The van der Waals surface area contributed by atoms with Crippen LogP contribution in [0.5, 0.6) is 0 Å². The van der Waals surface area contributed by atoms with E-state index in [1.165, 1.54) is 0 Å². The van der Waals surface area contributed by atoms with Gasteiger partial charge in [-0.25, -0.2) is 20.0 Å². The van der Waals surface area contributed by atoms with Crippen molar-refractivity contribution in [3.8, 4) is 11.8 Å². The molecule has 1 saturated heterocycles. The first-order chi connectivity index (χ1) is 16.0. The van der Waals surface area contributed by atoms with Crippen molar-refractivity contribution in [3.63, 3.8) is 0 Å². The van der Waals surface area contributed by atoms with Crippen molar-refractivity contribution in [2.24, 2.45) is 5.73 Å². The van der Waals surface area contributed by atoms with Gasteiger partial charge in [-0.15, -0.1) is 17.0 Å². The van der Waals surface area contributed by atoms with E-state index in [2.05, 4.69) is 32.2 Å². The van der Waals surface area contributed by atoms with Crippen LogP contribution >= 0.6 is 0 Å². The van der Waals surface area contributed by atoms with Crippen LogP contribution in [0.4, 0.5) is 5.82 Å². The monoisotopic (exact) mass is 444 g/mol. The number of anilines is 1. The van der Waals surface area contributed by atoms with Crippen LogP contribution in [-0.4, -0.2) is 60.6 Å². The smallest absolute Gasteiger partial charge is 0.204 e. The molecule has 3 N–H and O–H groups in total. The highest BCUT2D eigenvalue weighted by Gasteiger charge is 2.40. The van der Waals surface area contributed by atoms with Gasteiger partial charge in [0.1, 0.15) is 17.6 Å². The van der Waals surface area contributed by atoms with Crippen LogP contribution in [0.1, 0.15) is 48.2 Å². The number of fused-ring (bicyclic) bond motifs is 2. The molecular formula is C24H28N8O. The van der Waals surface area contributed by atoms with Gasteiger partial charge >= 0.3 is 0 Å². The van der Waals surface area contributed by atoms with Crippen LogP contribution in [0.25, 0.3) is 10.9 Å². The Kier molecular flexibility index (Phi) is 5.81. The standard InChI is InChI=1S/C24H28N8O/c1-3-4-11-20-23(33)22-24(29-32(20)31-12-7-8-17(25)13-31)26-15-30(22)14-21-27-16(2)18-9-5-6-10-19(18)28-21/h5-6,9-10,15,17,20,29H,7-8,11-14,25H2,1-2H3/t17-,20?/m1/s1. The quantitative estimate of drug-likeness (QED) is 0.590. The SMILES string of the molecule is CC#CCC1C(=O)c2c(ncn2Cc2nc(C)c3ccccc3n2)NN1N1CCC[C@@H](N)C1. The third-order valence-corrected chi connectivity index (χ3v) is 6.25. The molecule has 0 bridgehead atoms. The van der Waals surface area contributed by atoms with Gasteiger partial charge in [0.2, 0.25) is 5.78 Å². The Morgan fingerprint density at radius 1 is 1.27 bits per heavy atom. The normalized spacial score (nSPS) is 21.4. The molecule has 2 atom stereocenters. The fourth-order valence-electron chi connectivity index (χ4n) is 4.65. The van der Waals surface area contributed by atoms with E-state index < -0.39 is 6.04 Å². The number of rotatable bonds is 4. The van der Waals surface area contributed by atoms with Crippen molar-refractivity contribution in [1.29, 1.82) is 0 Å². The predicted molar refractivity (Wildman–Crippen MR) is 126 cm³/mol. The summed E-state index contributed by atoms with van der Waals surface area (Å²) in [6, 6.07) is 7.57. The number of ketones is 1. The highest BCUT2D eigenvalue weighted by Crippen LogP contribution is 2.28. The van der Waals surface area contributed by atoms with Gasteiger partial charge in [-0.1, -0.05) is 18.2 Å². The second-order valence-electron chi connectivity index (χ2n) is 8.59. The van der Waals surface area contributed by atoms with Gasteiger partial charge in [0.25, 0.3) is 0 Å². The van der Waals surface area contributed by atoms with Crippen molar-refractivity contribution >= 4 is 22.5 Å². The number of aryl methyl sites for hydroxylation is 1. The molecule has 1 aromatic carbocycles. The number of imidazole rings is 1. The van der Waals surface area contributed by atoms with E-state index in [1.807, 2.05) is 40.9 Å². The van der Waals surface area contributed by atoms with Crippen molar-refractivity contribution in [3.05, 3.63) is 47.8 Å². The van der Waals surface area contributed by atoms with Gasteiger partial charge in [-0.05, 0) is 32.8 Å². The van der Waals surface area contributed by atoms with E-state index in [0.717, 1.165) is 36.0 Å². The second-order valence-corrected chi connectivity index (χ2v) is 8.59. The lowest BCUT2D eigenvalue weighted by molar-refractivity contribution is -0.0492. The highest BCUT2D eigenvalue weighted by molar-refractivity contribution is 6.04. The molecule has 33 heavy (non-hydrogen) atoms. The summed E-state index contributed by atoms with van der Waals surface area (Å²) in [6.45, 7) is 5.66. The molecule has 0 spiro atoms. The van der Waals surface area contributed by atoms with Crippen LogP contribution in [0.3, 0.4) is 0 Å². The largest absolute Gasteiger partial charge is 0.326 e. The van der Waals surface area contributed by atoms with E-state index in [1.54, 1.807) is 13.3 Å². The van der Waals surface area contributed by atoms with Crippen LogP contribution in [0.2, 0.25) is 0 Å².